The third kappa shape index (κ3) is 2.94. The van der Waals surface area contributed by atoms with Crippen molar-refractivity contribution < 1.29 is 8.42 Å². The molecule has 0 aromatic rings. The van der Waals surface area contributed by atoms with Crippen LogP contribution in [0, 0.1) is 5.41 Å². The molecule has 15 heavy (non-hydrogen) atoms. The Morgan fingerprint density at radius 1 is 1.40 bits per heavy atom. The van der Waals surface area contributed by atoms with Crippen molar-refractivity contribution in [3.8, 4) is 0 Å². The number of hydrogen-bond donors (Lipinski definition) is 1. The highest BCUT2D eigenvalue weighted by atomic mass is 32.2. The molecule has 3 nitrogen and oxygen atoms in total. The zero-order chi connectivity index (χ0) is 11.7. The molecule has 0 saturated heterocycles. The predicted molar refractivity (Wildman–Crippen MR) is 63.7 cm³/mol. The van der Waals surface area contributed by atoms with Gasteiger partial charge in [-0.2, -0.15) is 0 Å². The van der Waals surface area contributed by atoms with E-state index < -0.39 is 9.84 Å². The van der Waals surface area contributed by atoms with Crippen LogP contribution in [0.2, 0.25) is 0 Å². The molecule has 0 bridgehead atoms. The molecule has 0 radical (unpaired) electrons. The molecule has 0 aliphatic heterocycles. The third-order valence-electron chi connectivity index (χ3n) is 3.57. The lowest BCUT2D eigenvalue weighted by molar-refractivity contribution is 0.214. The molecule has 1 aliphatic rings. The Hall–Kier alpha value is -0.0900. The number of rotatable bonds is 3. The normalized spacial score (nSPS) is 31.5. The van der Waals surface area contributed by atoms with Crippen LogP contribution in [0.1, 0.15) is 40.0 Å². The molecule has 1 rings (SSSR count). The Morgan fingerprint density at radius 2 is 2.00 bits per heavy atom. The van der Waals surface area contributed by atoms with Gasteiger partial charge in [0.1, 0.15) is 0 Å². The van der Waals surface area contributed by atoms with Crippen LogP contribution in [0.25, 0.3) is 0 Å². The maximum atomic E-state index is 12.0. The highest BCUT2D eigenvalue weighted by molar-refractivity contribution is 7.92. The summed E-state index contributed by atoms with van der Waals surface area (Å²) in [5.74, 6) is 0.256. The molecule has 2 unspecified atom stereocenters. The van der Waals surface area contributed by atoms with E-state index in [1.807, 2.05) is 7.05 Å². The highest BCUT2D eigenvalue weighted by Gasteiger charge is 2.40. The SMILES string of the molecule is CCS(=O)(=O)C1CC(C)(C)CCC1NC. The molecule has 1 saturated carbocycles. The average Bonchev–Trinajstić information content (AvgIpc) is 2.16. The molecule has 0 amide bonds. The summed E-state index contributed by atoms with van der Waals surface area (Å²) in [6.07, 6.45) is 2.86. The molecule has 1 fully saturated rings. The zero-order valence-corrected chi connectivity index (χ0v) is 11.0. The van der Waals surface area contributed by atoms with E-state index in [-0.39, 0.29) is 22.5 Å². The van der Waals surface area contributed by atoms with E-state index in [1.54, 1.807) is 6.92 Å². The van der Waals surface area contributed by atoms with Gasteiger partial charge in [-0.25, -0.2) is 8.42 Å². The van der Waals surface area contributed by atoms with E-state index in [4.69, 9.17) is 0 Å². The van der Waals surface area contributed by atoms with Crippen LogP contribution in [0.15, 0.2) is 0 Å². The zero-order valence-electron chi connectivity index (χ0n) is 10.2. The fourth-order valence-corrected chi connectivity index (χ4v) is 4.35. The Bertz CT molecular complexity index is 309. The summed E-state index contributed by atoms with van der Waals surface area (Å²) in [5.41, 5.74) is 0.167. The topological polar surface area (TPSA) is 46.2 Å². The monoisotopic (exact) mass is 233 g/mol. The fraction of sp³-hybridized carbons (Fsp3) is 1.00. The van der Waals surface area contributed by atoms with Gasteiger partial charge >= 0.3 is 0 Å². The smallest absolute Gasteiger partial charge is 0.154 e. The first-order valence-electron chi connectivity index (χ1n) is 5.71. The standard InChI is InChI=1S/C11H23NO2S/c1-5-15(13,14)10-8-11(2,3)7-6-9(10)12-4/h9-10,12H,5-8H2,1-4H3. The Labute approximate surface area is 93.6 Å². The van der Waals surface area contributed by atoms with Crippen LogP contribution >= 0.6 is 0 Å². The van der Waals surface area contributed by atoms with Crippen molar-refractivity contribution >= 4 is 9.84 Å². The predicted octanol–water partition coefficient (Wildman–Crippen LogP) is 1.59. The van der Waals surface area contributed by atoms with E-state index in [9.17, 15) is 8.42 Å². The summed E-state index contributed by atoms with van der Waals surface area (Å²) in [4.78, 5) is 0. The molecule has 0 heterocycles. The van der Waals surface area contributed by atoms with Crippen molar-refractivity contribution in [2.75, 3.05) is 12.8 Å². The van der Waals surface area contributed by atoms with Gasteiger partial charge in [0.15, 0.2) is 9.84 Å². The Morgan fingerprint density at radius 3 is 2.47 bits per heavy atom. The van der Waals surface area contributed by atoms with Crippen molar-refractivity contribution in [2.24, 2.45) is 5.41 Å². The van der Waals surface area contributed by atoms with Gasteiger partial charge in [0.05, 0.1) is 5.25 Å². The first-order valence-corrected chi connectivity index (χ1v) is 7.43. The lowest BCUT2D eigenvalue weighted by Gasteiger charge is -2.40. The largest absolute Gasteiger partial charge is 0.316 e. The Balaban J connectivity index is 2.90. The van der Waals surface area contributed by atoms with Gasteiger partial charge in [-0.15, -0.1) is 0 Å². The molecule has 1 aliphatic carbocycles. The van der Waals surface area contributed by atoms with Crippen molar-refractivity contribution in [3.63, 3.8) is 0 Å². The number of nitrogens with one attached hydrogen (secondary N) is 1. The van der Waals surface area contributed by atoms with Crippen LogP contribution in [-0.2, 0) is 9.84 Å². The first-order chi connectivity index (χ1) is 6.82. The van der Waals surface area contributed by atoms with Crippen LogP contribution in [0.5, 0.6) is 0 Å². The number of hydrogen-bond acceptors (Lipinski definition) is 3. The van der Waals surface area contributed by atoms with Crippen molar-refractivity contribution in [3.05, 3.63) is 0 Å². The van der Waals surface area contributed by atoms with Crippen LogP contribution < -0.4 is 5.32 Å². The second-order valence-electron chi connectivity index (χ2n) is 5.29. The Kier molecular flexibility index (Phi) is 3.82. The summed E-state index contributed by atoms with van der Waals surface area (Å²) >= 11 is 0. The van der Waals surface area contributed by atoms with Gasteiger partial charge in [0.25, 0.3) is 0 Å². The minimum Gasteiger partial charge on any atom is -0.316 e. The van der Waals surface area contributed by atoms with Crippen LogP contribution in [0.4, 0.5) is 0 Å². The summed E-state index contributed by atoms with van der Waals surface area (Å²) in [6, 6.07) is 0.142. The van der Waals surface area contributed by atoms with Gasteiger partial charge in [-0.05, 0) is 31.7 Å². The second kappa shape index (κ2) is 4.42. The van der Waals surface area contributed by atoms with Gasteiger partial charge in [0, 0.05) is 11.8 Å². The number of sulfone groups is 1. The average molecular weight is 233 g/mol. The minimum absolute atomic E-state index is 0.142. The highest BCUT2D eigenvalue weighted by Crippen LogP contribution is 2.38. The summed E-state index contributed by atoms with van der Waals surface area (Å²) in [6.45, 7) is 6.07. The molecular formula is C11H23NO2S. The summed E-state index contributed by atoms with van der Waals surface area (Å²) in [7, 11) is -1.05. The van der Waals surface area contributed by atoms with Gasteiger partial charge in [0.2, 0.25) is 0 Å². The maximum Gasteiger partial charge on any atom is 0.154 e. The quantitative estimate of drug-likeness (QED) is 0.805. The third-order valence-corrected chi connectivity index (χ3v) is 5.79. The summed E-state index contributed by atoms with van der Waals surface area (Å²) in [5, 5.41) is 2.96. The molecule has 0 spiro atoms. The van der Waals surface area contributed by atoms with E-state index in [2.05, 4.69) is 19.2 Å². The van der Waals surface area contributed by atoms with Gasteiger partial charge in [-0.1, -0.05) is 20.8 Å². The molecule has 2 atom stereocenters. The molecule has 0 aromatic carbocycles. The fourth-order valence-electron chi connectivity index (χ4n) is 2.44. The van der Waals surface area contributed by atoms with Crippen molar-refractivity contribution in [1.82, 2.24) is 5.32 Å². The van der Waals surface area contributed by atoms with E-state index in [0.29, 0.717) is 0 Å². The van der Waals surface area contributed by atoms with E-state index in [0.717, 1.165) is 19.3 Å². The lowest BCUT2D eigenvalue weighted by Crippen LogP contribution is -2.49. The molecular weight excluding hydrogens is 210 g/mol. The molecule has 90 valence electrons. The van der Waals surface area contributed by atoms with Crippen molar-refractivity contribution in [1.29, 1.82) is 0 Å². The second-order valence-corrected chi connectivity index (χ2v) is 7.80. The van der Waals surface area contributed by atoms with E-state index >= 15 is 0 Å². The van der Waals surface area contributed by atoms with Crippen LogP contribution in [-0.4, -0.2) is 32.5 Å². The van der Waals surface area contributed by atoms with Crippen LogP contribution in [0.3, 0.4) is 0 Å². The first kappa shape index (κ1) is 13.0. The minimum atomic E-state index is -2.92. The maximum absolute atomic E-state index is 12.0. The molecule has 0 aromatic heterocycles. The lowest BCUT2D eigenvalue weighted by atomic mass is 9.75. The van der Waals surface area contributed by atoms with Gasteiger partial charge in [-0.3, -0.25) is 0 Å². The van der Waals surface area contributed by atoms with Crippen molar-refractivity contribution in [2.45, 2.75) is 51.3 Å². The van der Waals surface area contributed by atoms with Gasteiger partial charge < -0.3 is 5.32 Å². The summed E-state index contributed by atoms with van der Waals surface area (Å²) < 4.78 is 23.9. The van der Waals surface area contributed by atoms with E-state index in [1.165, 1.54) is 0 Å². The molecule has 1 N–H and O–H groups in total. The molecule has 4 heteroatoms.